The summed E-state index contributed by atoms with van der Waals surface area (Å²) in [7, 11) is 4.19. The summed E-state index contributed by atoms with van der Waals surface area (Å²) >= 11 is 0. The van der Waals surface area contributed by atoms with E-state index in [0.717, 1.165) is 4.68 Å². The molecule has 0 aliphatic heterocycles. The summed E-state index contributed by atoms with van der Waals surface area (Å²) in [6.07, 6.45) is 0. The monoisotopic (exact) mass is 397 g/mol. The fraction of sp³-hybridized carbons (Fsp3) is 0.200. The van der Waals surface area contributed by atoms with Crippen LogP contribution in [0.1, 0.15) is 10.5 Å². The van der Waals surface area contributed by atoms with Gasteiger partial charge in [-0.15, -0.1) is 0 Å². The SMILES string of the molecule is COC(=O)CNC(=O)c1nn(-c2ccc(OC)cc2OC)c(=O)c2ccccc12. The number of nitrogens with one attached hydrogen (secondary N) is 1. The van der Waals surface area contributed by atoms with Gasteiger partial charge in [0.15, 0.2) is 5.69 Å². The number of amides is 1. The number of hydrogen-bond acceptors (Lipinski definition) is 7. The highest BCUT2D eigenvalue weighted by Gasteiger charge is 2.20. The van der Waals surface area contributed by atoms with E-state index in [0.29, 0.717) is 28.0 Å². The number of ether oxygens (including phenoxy) is 3. The fourth-order valence-electron chi connectivity index (χ4n) is 2.79. The highest BCUT2D eigenvalue weighted by molar-refractivity contribution is 6.05. The summed E-state index contributed by atoms with van der Waals surface area (Å²) in [5.41, 5.74) is -0.0957. The van der Waals surface area contributed by atoms with Crippen LogP contribution in [0.15, 0.2) is 47.3 Å². The highest BCUT2D eigenvalue weighted by atomic mass is 16.5. The summed E-state index contributed by atoms with van der Waals surface area (Å²) in [5, 5.41) is 7.36. The van der Waals surface area contributed by atoms with Crippen molar-refractivity contribution in [3.8, 4) is 17.2 Å². The van der Waals surface area contributed by atoms with Gasteiger partial charge in [0.1, 0.15) is 23.7 Å². The predicted octanol–water partition coefficient (Wildman–Crippen LogP) is 1.31. The molecule has 0 aliphatic rings. The van der Waals surface area contributed by atoms with Crippen LogP contribution >= 0.6 is 0 Å². The lowest BCUT2D eigenvalue weighted by molar-refractivity contribution is -0.139. The molecule has 0 saturated carbocycles. The summed E-state index contributed by atoms with van der Waals surface area (Å²) in [6.45, 7) is -0.323. The summed E-state index contributed by atoms with van der Waals surface area (Å²) in [4.78, 5) is 37.1. The number of rotatable bonds is 6. The summed E-state index contributed by atoms with van der Waals surface area (Å²) in [5.74, 6) is -0.341. The number of carbonyl (C=O) groups is 2. The number of esters is 1. The van der Waals surface area contributed by atoms with Gasteiger partial charge < -0.3 is 19.5 Å². The molecule has 0 atom stereocenters. The molecular formula is C20H19N3O6. The molecule has 3 aromatic rings. The van der Waals surface area contributed by atoms with E-state index in [2.05, 4.69) is 15.2 Å². The van der Waals surface area contributed by atoms with Crippen molar-refractivity contribution < 1.29 is 23.8 Å². The smallest absolute Gasteiger partial charge is 0.325 e. The minimum absolute atomic E-state index is 0.0121. The Balaban J connectivity index is 2.19. The number of aromatic nitrogens is 2. The summed E-state index contributed by atoms with van der Waals surface area (Å²) in [6, 6.07) is 11.5. The van der Waals surface area contributed by atoms with Crippen LogP contribution in [0.3, 0.4) is 0 Å². The lowest BCUT2D eigenvalue weighted by Crippen LogP contribution is -2.33. The Morgan fingerprint density at radius 2 is 1.76 bits per heavy atom. The zero-order valence-corrected chi connectivity index (χ0v) is 16.1. The molecule has 150 valence electrons. The van der Waals surface area contributed by atoms with Crippen molar-refractivity contribution in [1.82, 2.24) is 15.1 Å². The first-order valence-corrected chi connectivity index (χ1v) is 8.59. The van der Waals surface area contributed by atoms with Gasteiger partial charge in [-0.2, -0.15) is 9.78 Å². The van der Waals surface area contributed by atoms with Crippen molar-refractivity contribution in [2.75, 3.05) is 27.9 Å². The van der Waals surface area contributed by atoms with E-state index in [9.17, 15) is 14.4 Å². The van der Waals surface area contributed by atoms with Crippen LogP contribution in [0, 0.1) is 0 Å². The van der Waals surface area contributed by atoms with E-state index in [1.807, 2.05) is 0 Å². The third-order valence-electron chi connectivity index (χ3n) is 4.26. The number of carbonyl (C=O) groups excluding carboxylic acids is 2. The van der Waals surface area contributed by atoms with Gasteiger partial charge in [-0.3, -0.25) is 14.4 Å². The Hall–Kier alpha value is -3.88. The Morgan fingerprint density at radius 3 is 2.41 bits per heavy atom. The van der Waals surface area contributed by atoms with Gasteiger partial charge in [-0.05, 0) is 18.2 Å². The van der Waals surface area contributed by atoms with E-state index < -0.39 is 17.4 Å². The minimum Gasteiger partial charge on any atom is -0.497 e. The number of benzene rings is 2. The molecule has 0 fully saturated rings. The van der Waals surface area contributed by atoms with Gasteiger partial charge in [-0.1, -0.05) is 18.2 Å². The third kappa shape index (κ3) is 3.88. The van der Waals surface area contributed by atoms with Gasteiger partial charge in [0.2, 0.25) is 0 Å². The maximum Gasteiger partial charge on any atom is 0.325 e. The molecule has 0 unspecified atom stereocenters. The van der Waals surface area contributed by atoms with Gasteiger partial charge >= 0.3 is 5.97 Å². The van der Waals surface area contributed by atoms with Crippen molar-refractivity contribution >= 4 is 22.6 Å². The topological polar surface area (TPSA) is 109 Å². The maximum atomic E-state index is 13.0. The molecule has 1 amide bonds. The Bertz CT molecular complexity index is 1140. The van der Waals surface area contributed by atoms with Crippen LogP contribution in [0.25, 0.3) is 16.5 Å². The number of methoxy groups -OCH3 is 3. The van der Waals surface area contributed by atoms with E-state index >= 15 is 0 Å². The molecule has 1 aromatic heterocycles. The first-order valence-electron chi connectivity index (χ1n) is 8.59. The van der Waals surface area contributed by atoms with Crippen LogP contribution < -0.4 is 20.3 Å². The Morgan fingerprint density at radius 1 is 1.03 bits per heavy atom. The largest absolute Gasteiger partial charge is 0.497 e. The molecule has 1 N–H and O–H groups in total. The highest BCUT2D eigenvalue weighted by Crippen LogP contribution is 2.27. The van der Waals surface area contributed by atoms with E-state index in [1.54, 1.807) is 42.5 Å². The van der Waals surface area contributed by atoms with Crippen LogP contribution in [0.5, 0.6) is 11.5 Å². The average molecular weight is 397 g/mol. The molecule has 0 radical (unpaired) electrons. The molecule has 0 aliphatic carbocycles. The molecule has 9 heteroatoms. The molecule has 9 nitrogen and oxygen atoms in total. The normalized spacial score (nSPS) is 10.4. The zero-order valence-electron chi connectivity index (χ0n) is 16.1. The molecule has 29 heavy (non-hydrogen) atoms. The lowest BCUT2D eigenvalue weighted by Gasteiger charge is -2.14. The van der Waals surface area contributed by atoms with Crippen molar-refractivity contribution in [1.29, 1.82) is 0 Å². The van der Waals surface area contributed by atoms with Gasteiger partial charge in [0, 0.05) is 11.5 Å². The first kappa shape index (κ1) is 19.9. The van der Waals surface area contributed by atoms with Crippen molar-refractivity contribution in [3.05, 3.63) is 58.5 Å². The van der Waals surface area contributed by atoms with Crippen molar-refractivity contribution in [2.45, 2.75) is 0 Å². The maximum absolute atomic E-state index is 13.0. The molecule has 1 heterocycles. The second-order valence-electron chi connectivity index (χ2n) is 5.91. The van der Waals surface area contributed by atoms with Gasteiger partial charge in [0.25, 0.3) is 11.5 Å². The van der Waals surface area contributed by atoms with Crippen LogP contribution in [-0.2, 0) is 9.53 Å². The molecule has 0 saturated heterocycles. The van der Waals surface area contributed by atoms with Crippen LogP contribution in [0.4, 0.5) is 0 Å². The second-order valence-corrected chi connectivity index (χ2v) is 5.91. The van der Waals surface area contributed by atoms with Crippen LogP contribution in [0.2, 0.25) is 0 Å². The Kier molecular flexibility index (Phi) is 5.77. The van der Waals surface area contributed by atoms with E-state index in [-0.39, 0.29) is 12.2 Å². The van der Waals surface area contributed by atoms with Gasteiger partial charge in [-0.25, -0.2) is 0 Å². The zero-order chi connectivity index (χ0) is 21.0. The molecule has 0 spiro atoms. The minimum atomic E-state index is -0.618. The number of fused-ring (bicyclic) bond motifs is 1. The van der Waals surface area contributed by atoms with Crippen LogP contribution in [-0.4, -0.2) is 49.5 Å². The van der Waals surface area contributed by atoms with Gasteiger partial charge in [0.05, 0.1) is 26.7 Å². The second kappa shape index (κ2) is 8.42. The molecule has 2 aromatic carbocycles. The average Bonchev–Trinajstić information content (AvgIpc) is 2.77. The van der Waals surface area contributed by atoms with E-state index in [4.69, 9.17) is 9.47 Å². The first-order chi connectivity index (χ1) is 14.0. The van der Waals surface area contributed by atoms with Crippen molar-refractivity contribution in [2.24, 2.45) is 0 Å². The molecule has 0 bridgehead atoms. The van der Waals surface area contributed by atoms with Crippen molar-refractivity contribution in [3.63, 3.8) is 0 Å². The quantitative estimate of drug-likeness (QED) is 0.625. The molecular weight excluding hydrogens is 378 g/mol. The standard InChI is InChI=1S/C20H19N3O6/c1-27-12-8-9-15(16(10-12)28-2)23-20(26)14-7-5-4-6-13(14)18(22-23)19(25)21-11-17(24)29-3/h4-10H,11H2,1-3H3,(H,21,25). The lowest BCUT2D eigenvalue weighted by atomic mass is 10.1. The fourth-order valence-corrected chi connectivity index (χ4v) is 2.79. The molecule has 3 rings (SSSR count). The predicted molar refractivity (Wildman–Crippen MR) is 105 cm³/mol. The summed E-state index contributed by atoms with van der Waals surface area (Å²) < 4.78 is 16.2. The number of nitrogens with zero attached hydrogens (tertiary/aromatic N) is 2. The number of hydrogen-bond donors (Lipinski definition) is 1. The third-order valence-corrected chi connectivity index (χ3v) is 4.26. The van der Waals surface area contributed by atoms with E-state index in [1.165, 1.54) is 21.3 Å². The Labute approximate surface area is 165 Å².